The molecule has 3 nitrogen and oxygen atoms in total. The summed E-state index contributed by atoms with van der Waals surface area (Å²) < 4.78 is 0. The van der Waals surface area contributed by atoms with Gasteiger partial charge in [0.2, 0.25) is 5.91 Å². The second kappa shape index (κ2) is 7.12. The minimum Gasteiger partial charge on any atom is -0.341 e. The molecule has 2 N–H and O–H groups in total. The molecule has 0 saturated heterocycles. The predicted molar refractivity (Wildman–Crippen MR) is 68.1 cm³/mol. The van der Waals surface area contributed by atoms with Crippen molar-refractivity contribution < 1.29 is 4.79 Å². The van der Waals surface area contributed by atoms with E-state index in [-0.39, 0.29) is 11.3 Å². The summed E-state index contributed by atoms with van der Waals surface area (Å²) in [4.78, 5) is 13.7. The molecule has 0 radical (unpaired) electrons. The minimum absolute atomic E-state index is 0.0171. The molecule has 0 fully saturated rings. The first-order chi connectivity index (χ1) is 6.96. The summed E-state index contributed by atoms with van der Waals surface area (Å²) in [5.74, 6) is 0.798. The number of carbonyl (C=O) groups is 1. The molecule has 0 heterocycles. The van der Waals surface area contributed by atoms with Crippen molar-refractivity contribution in [2.75, 3.05) is 31.6 Å². The van der Waals surface area contributed by atoms with Crippen molar-refractivity contribution in [1.82, 2.24) is 4.90 Å². The Morgan fingerprint density at radius 3 is 2.47 bits per heavy atom. The summed E-state index contributed by atoms with van der Waals surface area (Å²) in [6, 6.07) is 0. The molecule has 0 aromatic rings. The molecule has 0 saturated carbocycles. The van der Waals surface area contributed by atoms with Gasteiger partial charge in [-0.1, -0.05) is 20.8 Å². The van der Waals surface area contributed by atoms with Crippen LogP contribution in [-0.4, -0.2) is 42.4 Å². The van der Waals surface area contributed by atoms with Crippen molar-refractivity contribution in [3.63, 3.8) is 0 Å². The fourth-order valence-electron chi connectivity index (χ4n) is 1.36. The van der Waals surface area contributed by atoms with Crippen molar-refractivity contribution in [3.05, 3.63) is 0 Å². The van der Waals surface area contributed by atoms with Crippen LogP contribution in [0.4, 0.5) is 0 Å². The van der Waals surface area contributed by atoms with E-state index < -0.39 is 0 Å². The fourth-order valence-corrected chi connectivity index (χ4v) is 1.79. The van der Waals surface area contributed by atoms with E-state index in [1.165, 1.54) is 0 Å². The summed E-state index contributed by atoms with van der Waals surface area (Å²) in [6.07, 6.45) is 2.96. The van der Waals surface area contributed by atoms with E-state index in [4.69, 9.17) is 5.73 Å². The molecule has 0 atom stereocenters. The number of nitrogens with two attached hydrogens (primary N) is 1. The fraction of sp³-hybridized carbons (Fsp3) is 0.909. The number of hydrogen-bond acceptors (Lipinski definition) is 3. The van der Waals surface area contributed by atoms with Gasteiger partial charge in [0.25, 0.3) is 0 Å². The molecule has 0 rings (SSSR count). The number of rotatable bonds is 7. The standard InChI is InChI=1S/C11H24N2OS/c1-5-6-13(10(14)7-15-4)9-11(2,3)8-12/h5-9,12H2,1-4H3. The van der Waals surface area contributed by atoms with Crippen molar-refractivity contribution in [2.24, 2.45) is 11.1 Å². The SMILES string of the molecule is CCCN(CC(C)(C)CN)C(=O)CSC. The Balaban J connectivity index is 4.32. The van der Waals surface area contributed by atoms with Crippen LogP contribution >= 0.6 is 11.8 Å². The molecule has 0 aliphatic rings. The van der Waals surface area contributed by atoms with Crippen molar-refractivity contribution in [1.29, 1.82) is 0 Å². The van der Waals surface area contributed by atoms with Crippen molar-refractivity contribution in [3.8, 4) is 0 Å². The van der Waals surface area contributed by atoms with Gasteiger partial charge < -0.3 is 10.6 Å². The minimum atomic E-state index is 0.0171. The molecule has 0 aliphatic carbocycles. The van der Waals surface area contributed by atoms with Crippen LogP contribution < -0.4 is 5.73 Å². The molecule has 0 unspecified atom stereocenters. The second-order valence-corrected chi connectivity index (χ2v) is 5.48. The predicted octanol–water partition coefficient (Wildman–Crippen LogP) is 1.57. The highest BCUT2D eigenvalue weighted by Gasteiger charge is 2.22. The quantitative estimate of drug-likeness (QED) is 0.725. The van der Waals surface area contributed by atoms with Crippen LogP contribution in [0.15, 0.2) is 0 Å². The number of carbonyl (C=O) groups excluding carboxylic acids is 1. The van der Waals surface area contributed by atoms with Gasteiger partial charge >= 0.3 is 0 Å². The van der Waals surface area contributed by atoms with Gasteiger partial charge in [-0.25, -0.2) is 0 Å². The van der Waals surface area contributed by atoms with E-state index in [9.17, 15) is 4.79 Å². The van der Waals surface area contributed by atoms with Gasteiger partial charge in [0.05, 0.1) is 5.75 Å². The molecule has 0 bridgehead atoms. The second-order valence-electron chi connectivity index (χ2n) is 4.62. The maximum atomic E-state index is 11.8. The third-order valence-corrected chi connectivity index (χ3v) is 2.82. The lowest BCUT2D eigenvalue weighted by Crippen LogP contribution is -2.43. The van der Waals surface area contributed by atoms with Crippen LogP contribution in [-0.2, 0) is 4.79 Å². The first-order valence-electron chi connectivity index (χ1n) is 5.43. The molecule has 0 spiro atoms. The molecule has 0 aromatic carbocycles. The third-order valence-electron chi connectivity index (χ3n) is 2.29. The van der Waals surface area contributed by atoms with Crippen molar-refractivity contribution in [2.45, 2.75) is 27.2 Å². The molecular formula is C11H24N2OS. The smallest absolute Gasteiger partial charge is 0.232 e. The highest BCUT2D eigenvalue weighted by Crippen LogP contribution is 2.15. The van der Waals surface area contributed by atoms with Crippen LogP contribution in [0.1, 0.15) is 27.2 Å². The van der Waals surface area contributed by atoms with Crippen LogP contribution in [0.2, 0.25) is 0 Å². The van der Waals surface area contributed by atoms with Gasteiger partial charge in [-0.3, -0.25) is 4.79 Å². The Labute approximate surface area is 97.8 Å². The van der Waals surface area contributed by atoms with Gasteiger partial charge in [-0.05, 0) is 24.6 Å². The largest absolute Gasteiger partial charge is 0.341 e. The van der Waals surface area contributed by atoms with Gasteiger partial charge in [0.1, 0.15) is 0 Å². The lowest BCUT2D eigenvalue weighted by atomic mass is 9.93. The molecule has 0 aliphatic heterocycles. The molecule has 90 valence electrons. The monoisotopic (exact) mass is 232 g/mol. The number of nitrogens with zero attached hydrogens (tertiary/aromatic N) is 1. The average Bonchev–Trinajstić information content (AvgIpc) is 2.17. The van der Waals surface area contributed by atoms with E-state index in [1.54, 1.807) is 11.8 Å². The summed E-state index contributed by atoms with van der Waals surface area (Å²) >= 11 is 1.58. The topological polar surface area (TPSA) is 46.3 Å². The van der Waals surface area contributed by atoms with Crippen LogP contribution in [0, 0.1) is 5.41 Å². The van der Waals surface area contributed by atoms with Crippen LogP contribution in [0.25, 0.3) is 0 Å². The first kappa shape index (κ1) is 14.8. The Hall–Kier alpha value is -0.220. The first-order valence-corrected chi connectivity index (χ1v) is 6.83. The van der Waals surface area contributed by atoms with Gasteiger partial charge in [0, 0.05) is 13.1 Å². The molecule has 15 heavy (non-hydrogen) atoms. The van der Waals surface area contributed by atoms with Crippen LogP contribution in [0.3, 0.4) is 0 Å². The van der Waals surface area contributed by atoms with E-state index in [0.717, 1.165) is 19.5 Å². The third kappa shape index (κ3) is 6.05. The average molecular weight is 232 g/mol. The Morgan fingerprint density at radius 2 is 2.07 bits per heavy atom. The zero-order valence-electron chi connectivity index (χ0n) is 10.4. The molecule has 4 heteroatoms. The van der Waals surface area contributed by atoms with Gasteiger partial charge in [0.15, 0.2) is 0 Å². The normalized spacial score (nSPS) is 11.5. The lowest BCUT2D eigenvalue weighted by molar-refractivity contribution is -0.129. The summed E-state index contributed by atoms with van der Waals surface area (Å²) in [5, 5.41) is 0. The maximum Gasteiger partial charge on any atom is 0.232 e. The van der Waals surface area contributed by atoms with Gasteiger partial charge in [-0.2, -0.15) is 11.8 Å². The maximum absolute atomic E-state index is 11.8. The molecule has 0 aromatic heterocycles. The Morgan fingerprint density at radius 1 is 1.47 bits per heavy atom. The number of hydrogen-bond donors (Lipinski definition) is 1. The summed E-state index contributed by atoms with van der Waals surface area (Å²) in [6.45, 7) is 8.50. The van der Waals surface area contributed by atoms with E-state index in [2.05, 4.69) is 20.8 Å². The Kier molecular flexibility index (Phi) is 7.02. The highest BCUT2D eigenvalue weighted by atomic mass is 32.2. The van der Waals surface area contributed by atoms with E-state index in [0.29, 0.717) is 12.3 Å². The summed E-state index contributed by atoms with van der Waals surface area (Å²) in [5.41, 5.74) is 5.70. The zero-order chi connectivity index (χ0) is 11.9. The molecular weight excluding hydrogens is 208 g/mol. The Bertz CT molecular complexity index is 195. The van der Waals surface area contributed by atoms with Crippen LogP contribution in [0.5, 0.6) is 0 Å². The lowest BCUT2D eigenvalue weighted by Gasteiger charge is -2.31. The zero-order valence-corrected chi connectivity index (χ0v) is 11.2. The van der Waals surface area contributed by atoms with Crippen molar-refractivity contribution >= 4 is 17.7 Å². The number of thioether (sulfide) groups is 1. The number of amides is 1. The van der Waals surface area contributed by atoms with Gasteiger partial charge in [-0.15, -0.1) is 0 Å². The molecule has 1 amide bonds. The highest BCUT2D eigenvalue weighted by molar-refractivity contribution is 7.99. The van der Waals surface area contributed by atoms with E-state index >= 15 is 0 Å². The summed E-state index contributed by atoms with van der Waals surface area (Å²) in [7, 11) is 0. The van der Waals surface area contributed by atoms with E-state index in [1.807, 2.05) is 11.2 Å².